The number of aromatic nitrogens is 2. The number of H-pyrrole nitrogens is 1. The number of nitrogens with one attached hydrogen (secondary N) is 2. The van der Waals surface area contributed by atoms with Crippen LogP contribution >= 0.6 is 0 Å². The minimum Gasteiger partial charge on any atom is -0.497 e. The van der Waals surface area contributed by atoms with Gasteiger partial charge in [-0.25, -0.2) is 4.98 Å². The molecule has 0 unspecified atom stereocenters. The molecule has 1 amide bonds. The zero-order valence-corrected chi connectivity index (χ0v) is 13.6. The van der Waals surface area contributed by atoms with E-state index >= 15 is 0 Å². The topological polar surface area (TPSA) is 85.5 Å². The first-order chi connectivity index (χ1) is 12.2. The molecule has 0 radical (unpaired) electrons. The summed E-state index contributed by atoms with van der Waals surface area (Å²) >= 11 is 0. The smallest absolute Gasteiger partial charge is 0.265 e. The first-order valence-electron chi connectivity index (χ1n) is 7.92. The zero-order chi connectivity index (χ0) is 17.2. The number of methoxy groups -OCH3 is 1. The normalized spacial score (nSPS) is 15.8. The molecule has 4 rings (SSSR count). The number of ether oxygens (including phenoxy) is 3. The molecule has 1 aliphatic heterocycles. The number of rotatable bonds is 4. The Morgan fingerprint density at radius 3 is 3.00 bits per heavy atom. The van der Waals surface area contributed by atoms with Gasteiger partial charge in [0.2, 0.25) is 6.10 Å². The molecule has 1 aliphatic rings. The number of hydrogen-bond acceptors (Lipinski definition) is 5. The monoisotopic (exact) mass is 339 g/mol. The number of fused-ring (bicyclic) bond motifs is 2. The molecule has 0 saturated heterocycles. The quantitative estimate of drug-likeness (QED) is 0.760. The second-order valence-corrected chi connectivity index (χ2v) is 5.65. The van der Waals surface area contributed by atoms with E-state index in [2.05, 4.69) is 15.3 Å². The lowest BCUT2D eigenvalue weighted by Gasteiger charge is -2.25. The van der Waals surface area contributed by atoms with Gasteiger partial charge < -0.3 is 24.5 Å². The SMILES string of the molecule is COc1ccc2nc(CNC(=O)[C@H]3COc4ccccc4O3)[nH]c2c1. The Hall–Kier alpha value is -3.22. The van der Waals surface area contributed by atoms with E-state index in [4.69, 9.17) is 14.2 Å². The highest BCUT2D eigenvalue weighted by Gasteiger charge is 2.27. The molecular formula is C18H17N3O4. The van der Waals surface area contributed by atoms with Crippen molar-refractivity contribution in [1.29, 1.82) is 0 Å². The second-order valence-electron chi connectivity index (χ2n) is 5.65. The molecule has 0 fully saturated rings. The van der Waals surface area contributed by atoms with E-state index in [0.29, 0.717) is 17.3 Å². The summed E-state index contributed by atoms with van der Waals surface area (Å²) in [6.07, 6.45) is -0.681. The summed E-state index contributed by atoms with van der Waals surface area (Å²) in [7, 11) is 1.61. The van der Waals surface area contributed by atoms with Gasteiger partial charge in [0.15, 0.2) is 11.5 Å². The molecule has 25 heavy (non-hydrogen) atoms. The third kappa shape index (κ3) is 3.08. The largest absolute Gasteiger partial charge is 0.497 e. The van der Waals surface area contributed by atoms with Crippen LogP contribution in [-0.4, -0.2) is 35.7 Å². The van der Waals surface area contributed by atoms with Crippen LogP contribution in [0.4, 0.5) is 0 Å². The molecule has 128 valence electrons. The summed E-state index contributed by atoms with van der Waals surface area (Å²) in [4.78, 5) is 19.9. The summed E-state index contributed by atoms with van der Waals surface area (Å²) in [6.45, 7) is 0.456. The summed E-state index contributed by atoms with van der Waals surface area (Å²) in [5.41, 5.74) is 1.67. The molecule has 1 aromatic heterocycles. The Morgan fingerprint density at radius 1 is 1.32 bits per heavy atom. The second kappa shape index (κ2) is 6.35. The number of carbonyl (C=O) groups is 1. The predicted octanol–water partition coefficient (Wildman–Crippen LogP) is 2.03. The Labute approximate surface area is 143 Å². The van der Waals surface area contributed by atoms with Crippen molar-refractivity contribution < 1.29 is 19.0 Å². The standard InChI is InChI=1S/C18H17N3O4/c1-23-11-6-7-12-13(8-11)21-17(20-12)9-19-18(22)16-10-24-14-4-2-3-5-15(14)25-16/h2-8,16H,9-10H2,1H3,(H,19,22)(H,20,21)/t16-/m1/s1. The first kappa shape index (κ1) is 15.3. The molecule has 2 N–H and O–H groups in total. The van der Waals surface area contributed by atoms with Gasteiger partial charge in [-0.3, -0.25) is 4.79 Å². The van der Waals surface area contributed by atoms with E-state index in [1.807, 2.05) is 36.4 Å². The van der Waals surface area contributed by atoms with Crippen LogP contribution in [0.1, 0.15) is 5.82 Å². The lowest BCUT2D eigenvalue weighted by atomic mass is 10.2. The number of aromatic amines is 1. The highest BCUT2D eigenvalue weighted by molar-refractivity contribution is 5.82. The lowest BCUT2D eigenvalue weighted by molar-refractivity contribution is -0.130. The molecule has 0 spiro atoms. The molecule has 0 saturated carbocycles. The van der Waals surface area contributed by atoms with E-state index in [0.717, 1.165) is 16.8 Å². The Balaban J connectivity index is 1.40. The van der Waals surface area contributed by atoms with Gasteiger partial charge in [0.05, 0.1) is 24.7 Å². The fourth-order valence-electron chi connectivity index (χ4n) is 2.69. The maximum absolute atomic E-state index is 12.3. The number of imidazole rings is 1. The van der Waals surface area contributed by atoms with Gasteiger partial charge in [-0.1, -0.05) is 12.1 Å². The van der Waals surface area contributed by atoms with Gasteiger partial charge in [-0.2, -0.15) is 0 Å². The summed E-state index contributed by atoms with van der Waals surface area (Å²) in [5, 5.41) is 2.82. The summed E-state index contributed by atoms with van der Waals surface area (Å²) in [6, 6.07) is 12.9. The van der Waals surface area contributed by atoms with Crippen molar-refractivity contribution in [2.75, 3.05) is 13.7 Å². The fraction of sp³-hybridized carbons (Fsp3) is 0.222. The minimum absolute atomic E-state index is 0.181. The third-order valence-electron chi connectivity index (χ3n) is 3.97. The van der Waals surface area contributed by atoms with Crippen LogP contribution in [0, 0.1) is 0 Å². The molecule has 2 heterocycles. The number of benzene rings is 2. The van der Waals surface area contributed by atoms with Crippen LogP contribution in [-0.2, 0) is 11.3 Å². The predicted molar refractivity (Wildman–Crippen MR) is 90.8 cm³/mol. The van der Waals surface area contributed by atoms with Crippen LogP contribution in [0.2, 0.25) is 0 Å². The van der Waals surface area contributed by atoms with Gasteiger partial charge >= 0.3 is 0 Å². The minimum atomic E-state index is -0.681. The first-order valence-corrected chi connectivity index (χ1v) is 7.92. The van der Waals surface area contributed by atoms with E-state index in [9.17, 15) is 4.79 Å². The Kier molecular flexibility index (Phi) is 3.89. The van der Waals surface area contributed by atoms with Gasteiger partial charge in [-0.05, 0) is 24.3 Å². The van der Waals surface area contributed by atoms with Crippen molar-refractivity contribution in [3.63, 3.8) is 0 Å². The van der Waals surface area contributed by atoms with Crippen molar-refractivity contribution >= 4 is 16.9 Å². The van der Waals surface area contributed by atoms with Crippen LogP contribution in [0.3, 0.4) is 0 Å². The van der Waals surface area contributed by atoms with Gasteiger partial charge in [0.25, 0.3) is 5.91 Å². The number of nitrogens with zero attached hydrogens (tertiary/aromatic N) is 1. The van der Waals surface area contributed by atoms with Crippen LogP contribution in [0.25, 0.3) is 11.0 Å². The third-order valence-corrected chi connectivity index (χ3v) is 3.97. The van der Waals surface area contributed by atoms with Crippen LogP contribution in [0.5, 0.6) is 17.2 Å². The van der Waals surface area contributed by atoms with Crippen molar-refractivity contribution in [1.82, 2.24) is 15.3 Å². The fourth-order valence-corrected chi connectivity index (χ4v) is 2.69. The molecule has 0 bridgehead atoms. The molecule has 0 aliphatic carbocycles. The van der Waals surface area contributed by atoms with E-state index in [-0.39, 0.29) is 19.1 Å². The van der Waals surface area contributed by atoms with E-state index in [1.54, 1.807) is 13.2 Å². The molecule has 1 atom stereocenters. The van der Waals surface area contributed by atoms with Crippen molar-refractivity contribution in [2.24, 2.45) is 0 Å². The van der Waals surface area contributed by atoms with E-state index in [1.165, 1.54) is 0 Å². The highest BCUT2D eigenvalue weighted by Crippen LogP contribution is 2.30. The maximum atomic E-state index is 12.3. The zero-order valence-electron chi connectivity index (χ0n) is 13.6. The highest BCUT2D eigenvalue weighted by atomic mass is 16.6. The molecule has 2 aromatic carbocycles. The average molecular weight is 339 g/mol. The molecule has 7 heteroatoms. The van der Waals surface area contributed by atoms with Crippen LogP contribution < -0.4 is 19.5 Å². The number of amides is 1. The van der Waals surface area contributed by atoms with Crippen molar-refractivity contribution in [3.8, 4) is 17.2 Å². The van der Waals surface area contributed by atoms with Crippen LogP contribution in [0.15, 0.2) is 42.5 Å². The van der Waals surface area contributed by atoms with Crippen molar-refractivity contribution in [2.45, 2.75) is 12.6 Å². The lowest BCUT2D eigenvalue weighted by Crippen LogP contribution is -2.43. The summed E-state index contributed by atoms with van der Waals surface area (Å²) < 4.78 is 16.4. The van der Waals surface area contributed by atoms with E-state index < -0.39 is 6.10 Å². The molecule has 7 nitrogen and oxygen atoms in total. The number of para-hydroxylation sites is 2. The van der Waals surface area contributed by atoms with Gasteiger partial charge in [0, 0.05) is 6.07 Å². The average Bonchev–Trinajstić information content (AvgIpc) is 3.07. The van der Waals surface area contributed by atoms with Gasteiger partial charge in [0.1, 0.15) is 18.2 Å². The molecular weight excluding hydrogens is 322 g/mol. The number of hydrogen-bond donors (Lipinski definition) is 2. The van der Waals surface area contributed by atoms with Gasteiger partial charge in [-0.15, -0.1) is 0 Å². The Morgan fingerprint density at radius 2 is 2.16 bits per heavy atom. The maximum Gasteiger partial charge on any atom is 0.265 e. The number of carbonyl (C=O) groups excluding carboxylic acids is 1. The van der Waals surface area contributed by atoms with Crippen molar-refractivity contribution in [3.05, 3.63) is 48.3 Å². The summed E-state index contributed by atoms with van der Waals surface area (Å²) in [5.74, 6) is 2.39. The Bertz CT molecular complexity index is 922. The molecule has 3 aromatic rings.